The first kappa shape index (κ1) is 23.2. The molecule has 0 bridgehead atoms. The third kappa shape index (κ3) is 3.61. The Morgan fingerprint density at radius 2 is 2.00 bits per heavy atom. The quantitative estimate of drug-likeness (QED) is 0.504. The van der Waals surface area contributed by atoms with Crippen molar-refractivity contribution in [3.63, 3.8) is 0 Å². The highest BCUT2D eigenvalue weighted by Crippen LogP contribution is 2.57. The summed E-state index contributed by atoms with van der Waals surface area (Å²) in [5.74, 6) is -1.25. The Kier molecular flexibility index (Phi) is 5.28. The third-order valence-electron chi connectivity index (χ3n) is 6.97. The van der Waals surface area contributed by atoms with Crippen LogP contribution in [0.15, 0.2) is 30.9 Å². The summed E-state index contributed by atoms with van der Waals surface area (Å²) >= 11 is 0. The van der Waals surface area contributed by atoms with Gasteiger partial charge in [0.15, 0.2) is 34.5 Å². The third-order valence-corrected chi connectivity index (χ3v) is 6.97. The van der Waals surface area contributed by atoms with E-state index in [0.717, 1.165) is 12.8 Å². The summed E-state index contributed by atoms with van der Waals surface area (Å²) in [6.45, 7) is 5.57. The summed E-state index contributed by atoms with van der Waals surface area (Å²) < 4.78 is 30.1. The van der Waals surface area contributed by atoms with E-state index in [9.17, 15) is 14.7 Å². The van der Waals surface area contributed by atoms with Crippen molar-refractivity contribution in [2.24, 2.45) is 0 Å². The number of rotatable bonds is 6. The number of carboxylic acids is 1. The lowest BCUT2D eigenvalue weighted by Gasteiger charge is -2.37. The number of carbonyl (C=O) groups is 2. The van der Waals surface area contributed by atoms with Crippen LogP contribution in [0.25, 0.3) is 11.2 Å². The van der Waals surface area contributed by atoms with Crippen LogP contribution in [0.5, 0.6) is 0 Å². The molecule has 10 nitrogen and oxygen atoms in total. The Labute approximate surface area is 200 Å². The second kappa shape index (κ2) is 7.98. The van der Waals surface area contributed by atoms with Crippen LogP contribution in [0.2, 0.25) is 0 Å². The van der Waals surface area contributed by atoms with Gasteiger partial charge < -0.3 is 19.9 Å². The maximum Gasteiger partial charge on any atom is 0.335 e. The molecule has 0 amide bonds. The maximum absolute atomic E-state index is 16.8. The van der Waals surface area contributed by atoms with Crippen molar-refractivity contribution in [3.8, 4) is 0 Å². The van der Waals surface area contributed by atoms with E-state index in [2.05, 4.69) is 20.3 Å². The Morgan fingerprint density at radius 3 is 2.66 bits per heavy atom. The number of carboxylic acid groups (broad SMARTS) is 1. The summed E-state index contributed by atoms with van der Waals surface area (Å²) in [5.41, 5.74) is -2.35. The lowest BCUT2D eigenvalue weighted by Crippen LogP contribution is -2.51. The van der Waals surface area contributed by atoms with Crippen LogP contribution < -0.4 is 5.32 Å². The number of ether oxygens (including phenoxy) is 2. The summed E-state index contributed by atoms with van der Waals surface area (Å²) in [7, 11) is 0. The minimum absolute atomic E-state index is 0.0527. The van der Waals surface area contributed by atoms with Crippen LogP contribution in [0.4, 0.5) is 10.2 Å². The van der Waals surface area contributed by atoms with E-state index in [1.54, 1.807) is 19.1 Å². The first-order valence-corrected chi connectivity index (χ1v) is 11.4. The molecular weight excluding hydrogens is 457 g/mol. The second-order valence-corrected chi connectivity index (χ2v) is 9.43. The molecule has 4 atom stereocenters. The first-order chi connectivity index (χ1) is 16.5. The molecule has 2 aliphatic rings. The number of aromatic nitrogens is 4. The molecule has 1 aliphatic heterocycles. The second-order valence-electron chi connectivity index (χ2n) is 9.43. The van der Waals surface area contributed by atoms with Crippen molar-refractivity contribution in [1.82, 2.24) is 19.5 Å². The number of hydrogen-bond acceptors (Lipinski definition) is 8. The molecule has 2 unspecified atom stereocenters. The van der Waals surface area contributed by atoms with Gasteiger partial charge in [-0.25, -0.2) is 24.1 Å². The molecular formula is C24H26FN5O5. The fourth-order valence-corrected chi connectivity index (χ4v) is 4.76. The molecule has 3 heterocycles. The van der Waals surface area contributed by atoms with E-state index >= 15 is 4.39 Å². The lowest BCUT2D eigenvalue weighted by molar-refractivity contribution is -0.174. The molecule has 1 saturated carbocycles. The molecule has 2 N–H and O–H groups in total. The lowest BCUT2D eigenvalue weighted by atomic mass is 9.80. The number of benzene rings is 1. The van der Waals surface area contributed by atoms with Crippen LogP contribution in [-0.2, 0) is 14.3 Å². The van der Waals surface area contributed by atoms with Gasteiger partial charge in [-0.3, -0.25) is 9.36 Å². The molecule has 1 aromatic carbocycles. The SMILES string of the molecule is CC(=O)OC1(C)[C@@H](c2cccc(C(=O)O)c2C)OC(n2cnc3c(NC4CC4)ncnc32)[C@]1(C)F. The van der Waals surface area contributed by atoms with Gasteiger partial charge in [0, 0.05) is 13.0 Å². The highest BCUT2D eigenvalue weighted by atomic mass is 19.1. The standard InChI is InChI=1S/C24H26FN5O5/c1-12-15(6-5-7-16(12)21(32)33)18-24(4,35-13(2)31)23(3,25)22(34-18)30-11-28-17-19(29-14-8-9-14)26-10-27-20(17)30/h5-7,10-11,14,18,22H,8-9H2,1-4H3,(H,32,33)(H,26,27,29)/t18-,22?,23+,24?/m1/s1. The van der Waals surface area contributed by atoms with Crippen molar-refractivity contribution in [2.75, 3.05) is 5.32 Å². The Balaban J connectivity index is 1.63. The number of aromatic carboxylic acids is 1. The van der Waals surface area contributed by atoms with Gasteiger partial charge in [0.2, 0.25) is 0 Å². The van der Waals surface area contributed by atoms with Crippen molar-refractivity contribution in [1.29, 1.82) is 0 Å². The summed E-state index contributed by atoms with van der Waals surface area (Å²) in [4.78, 5) is 36.8. The van der Waals surface area contributed by atoms with Gasteiger partial charge in [-0.1, -0.05) is 12.1 Å². The fourth-order valence-electron chi connectivity index (χ4n) is 4.76. The first-order valence-electron chi connectivity index (χ1n) is 11.4. The molecule has 2 aromatic heterocycles. The minimum atomic E-state index is -2.25. The molecule has 3 aromatic rings. The topological polar surface area (TPSA) is 128 Å². The molecule has 2 fully saturated rings. The zero-order chi connectivity index (χ0) is 25.1. The summed E-state index contributed by atoms with van der Waals surface area (Å²) in [5, 5.41) is 12.9. The Hall–Kier alpha value is -3.60. The van der Waals surface area contributed by atoms with Crippen molar-refractivity contribution < 1.29 is 28.6 Å². The Morgan fingerprint density at radius 1 is 1.26 bits per heavy atom. The number of esters is 1. The molecule has 0 spiro atoms. The monoisotopic (exact) mass is 483 g/mol. The zero-order valence-electron chi connectivity index (χ0n) is 19.8. The van der Waals surface area contributed by atoms with Crippen molar-refractivity contribution in [2.45, 2.75) is 70.2 Å². The maximum atomic E-state index is 16.8. The van der Waals surface area contributed by atoms with Gasteiger partial charge in [-0.05, 0) is 50.8 Å². The van der Waals surface area contributed by atoms with E-state index in [-0.39, 0.29) is 5.56 Å². The smallest absolute Gasteiger partial charge is 0.335 e. The van der Waals surface area contributed by atoms with Crippen LogP contribution in [-0.4, -0.2) is 53.9 Å². The van der Waals surface area contributed by atoms with E-state index in [0.29, 0.717) is 34.2 Å². The highest BCUT2D eigenvalue weighted by Gasteiger charge is 2.67. The number of imidazole rings is 1. The average Bonchev–Trinajstić information content (AvgIpc) is 3.45. The molecule has 1 saturated heterocycles. The number of halogens is 1. The predicted octanol–water partition coefficient (Wildman–Crippen LogP) is 3.73. The van der Waals surface area contributed by atoms with E-state index in [1.807, 2.05) is 0 Å². The molecule has 5 rings (SSSR count). The molecule has 0 radical (unpaired) electrons. The van der Waals surface area contributed by atoms with Crippen LogP contribution in [0, 0.1) is 6.92 Å². The van der Waals surface area contributed by atoms with Gasteiger partial charge in [-0.2, -0.15) is 0 Å². The van der Waals surface area contributed by atoms with Crippen molar-refractivity contribution in [3.05, 3.63) is 47.5 Å². The Bertz CT molecular complexity index is 1340. The van der Waals surface area contributed by atoms with E-state index < -0.39 is 35.5 Å². The van der Waals surface area contributed by atoms with Crippen LogP contribution >= 0.6 is 0 Å². The van der Waals surface area contributed by atoms with E-state index in [4.69, 9.17) is 9.47 Å². The summed E-state index contributed by atoms with van der Waals surface area (Å²) in [6.07, 6.45) is 2.50. The largest absolute Gasteiger partial charge is 0.478 e. The number of nitrogens with zero attached hydrogens (tertiary/aromatic N) is 4. The molecule has 1 aliphatic carbocycles. The van der Waals surface area contributed by atoms with Gasteiger partial charge >= 0.3 is 11.9 Å². The van der Waals surface area contributed by atoms with Crippen LogP contribution in [0.1, 0.15) is 67.4 Å². The van der Waals surface area contributed by atoms with Crippen LogP contribution in [0.3, 0.4) is 0 Å². The number of hydrogen-bond donors (Lipinski definition) is 2. The molecule has 11 heteroatoms. The average molecular weight is 484 g/mol. The molecule has 184 valence electrons. The van der Waals surface area contributed by atoms with Gasteiger partial charge in [0.05, 0.1) is 11.9 Å². The molecule has 35 heavy (non-hydrogen) atoms. The fraction of sp³-hybridized carbons (Fsp3) is 0.458. The summed E-state index contributed by atoms with van der Waals surface area (Å²) in [6, 6.07) is 4.99. The predicted molar refractivity (Wildman–Crippen MR) is 123 cm³/mol. The van der Waals surface area contributed by atoms with Gasteiger partial charge in [-0.15, -0.1) is 0 Å². The van der Waals surface area contributed by atoms with Gasteiger partial charge in [0.25, 0.3) is 0 Å². The number of carbonyl (C=O) groups excluding carboxylic acids is 1. The minimum Gasteiger partial charge on any atom is -0.478 e. The number of nitrogens with one attached hydrogen (secondary N) is 1. The van der Waals surface area contributed by atoms with E-state index in [1.165, 1.54) is 44.1 Å². The highest BCUT2D eigenvalue weighted by molar-refractivity contribution is 5.89. The van der Waals surface area contributed by atoms with Crippen molar-refractivity contribution >= 4 is 28.9 Å². The van der Waals surface area contributed by atoms with Gasteiger partial charge in [0.1, 0.15) is 12.4 Å². The zero-order valence-corrected chi connectivity index (χ0v) is 19.8. The number of alkyl halides is 1. The number of fused-ring (bicyclic) bond motifs is 1. The number of anilines is 1. The normalized spacial score (nSPS) is 28.3.